The molecule has 1 aliphatic rings. The number of hydrogen-bond donors (Lipinski definition) is 2. The van der Waals surface area contributed by atoms with Crippen LogP contribution in [0.25, 0.3) is 0 Å². The number of rotatable bonds is 1. The molecule has 7 heteroatoms. The average Bonchev–Trinajstić information content (AvgIpc) is 2.55. The molecule has 0 spiro atoms. The molecule has 1 fully saturated rings. The highest BCUT2D eigenvalue weighted by Gasteiger charge is 2.40. The van der Waals surface area contributed by atoms with E-state index < -0.39 is 5.54 Å². The highest BCUT2D eigenvalue weighted by Crippen LogP contribution is 2.41. The molecule has 2 N–H and O–H groups in total. The molecule has 1 aliphatic heterocycles. The minimum absolute atomic E-state index is 0.0863. The molecule has 2 rings (SSSR count). The van der Waals surface area contributed by atoms with Gasteiger partial charge in [0.2, 0.25) is 5.91 Å². The van der Waals surface area contributed by atoms with E-state index in [1.807, 2.05) is 6.92 Å². The van der Waals surface area contributed by atoms with Crippen LogP contribution in [0.4, 0.5) is 0 Å². The van der Waals surface area contributed by atoms with Gasteiger partial charge >= 0.3 is 0 Å². The van der Waals surface area contributed by atoms with Gasteiger partial charge in [-0.1, -0.05) is 11.6 Å². The van der Waals surface area contributed by atoms with E-state index in [9.17, 15) is 4.79 Å². The maximum absolute atomic E-state index is 11.8. The number of amides is 1. The van der Waals surface area contributed by atoms with Crippen LogP contribution in [0.3, 0.4) is 0 Å². The maximum Gasteiger partial charge on any atom is 0.231 e. The molecule has 0 saturated carbocycles. The van der Waals surface area contributed by atoms with Gasteiger partial charge in [-0.2, -0.15) is 0 Å². The van der Waals surface area contributed by atoms with Crippen LogP contribution in [0.15, 0.2) is 9.85 Å². The third-order valence-corrected chi connectivity index (χ3v) is 5.08. The zero-order valence-electron chi connectivity index (χ0n) is 9.30. The van der Waals surface area contributed by atoms with Crippen LogP contribution < -0.4 is 5.32 Å². The summed E-state index contributed by atoms with van der Waals surface area (Å²) in [6.45, 7) is 1.89. The van der Waals surface area contributed by atoms with Gasteiger partial charge < -0.3 is 5.32 Å². The van der Waals surface area contributed by atoms with Gasteiger partial charge in [-0.05, 0) is 28.9 Å². The first-order valence-electron chi connectivity index (χ1n) is 4.92. The summed E-state index contributed by atoms with van der Waals surface area (Å²) < 4.78 is 0.915. The molecule has 1 aromatic rings. The van der Waals surface area contributed by atoms with Crippen molar-refractivity contribution in [3.05, 3.63) is 19.8 Å². The van der Waals surface area contributed by atoms with E-state index in [2.05, 4.69) is 21.2 Å². The maximum atomic E-state index is 11.8. The Labute approximate surface area is 117 Å². The summed E-state index contributed by atoms with van der Waals surface area (Å²) >= 11 is 11.0. The highest BCUT2D eigenvalue weighted by atomic mass is 79.9. The third-order valence-electron chi connectivity index (χ3n) is 2.77. The van der Waals surface area contributed by atoms with Crippen LogP contribution in [-0.2, 0) is 10.3 Å². The first-order valence-corrected chi connectivity index (χ1v) is 6.91. The van der Waals surface area contributed by atoms with Crippen LogP contribution in [0, 0.1) is 5.41 Å². The lowest BCUT2D eigenvalue weighted by molar-refractivity contribution is -0.129. The molecule has 92 valence electrons. The van der Waals surface area contributed by atoms with Crippen LogP contribution >= 0.6 is 38.9 Å². The first kappa shape index (κ1) is 12.9. The van der Waals surface area contributed by atoms with E-state index in [4.69, 9.17) is 17.0 Å². The summed E-state index contributed by atoms with van der Waals surface area (Å²) in [6, 6.07) is 1.81. The van der Waals surface area contributed by atoms with Crippen molar-refractivity contribution in [2.24, 2.45) is 0 Å². The van der Waals surface area contributed by atoms with E-state index >= 15 is 0 Å². The highest BCUT2D eigenvalue weighted by molar-refractivity contribution is 9.11. The van der Waals surface area contributed by atoms with Gasteiger partial charge in [0, 0.05) is 7.05 Å². The van der Waals surface area contributed by atoms with Crippen LogP contribution in [0.2, 0.25) is 5.02 Å². The summed E-state index contributed by atoms with van der Waals surface area (Å²) in [5.41, 5.74) is -0.603. The first-order chi connectivity index (χ1) is 7.83. The van der Waals surface area contributed by atoms with Gasteiger partial charge in [-0.25, -0.2) is 0 Å². The van der Waals surface area contributed by atoms with E-state index in [0.29, 0.717) is 11.4 Å². The van der Waals surface area contributed by atoms with E-state index in [1.54, 1.807) is 13.1 Å². The van der Waals surface area contributed by atoms with E-state index in [-0.39, 0.29) is 11.9 Å². The van der Waals surface area contributed by atoms with Crippen LogP contribution in [-0.4, -0.2) is 23.8 Å². The fourth-order valence-corrected chi connectivity index (χ4v) is 4.01. The Morgan fingerprint density at radius 1 is 1.71 bits per heavy atom. The van der Waals surface area contributed by atoms with Crippen molar-refractivity contribution >= 4 is 50.7 Å². The number of carbonyl (C=O) groups is 1. The summed E-state index contributed by atoms with van der Waals surface area (Å²) in [7, 11) is 1.59. The Bertz CT molecular complexity index is 484. The SMILES string of the molecule is CN1C(=N)N[C@](C)(c2sc(Br)cc2Cl)CC1=O. The number of nitrogens with one attached hydrogen (secondary N) is 2. The minimum Gasteiger partial charge on any atom is -0.345 e. The van der Waals surface area contributed by atoms with Crippen molar-refractivity contribution in [2.75, 3.05) is 7.05 Å². The number of nitrogens with zero attached hydrogens (tertiary/aromatic N) is 1. The smallest absolute Gasteiger partial charge is 0.231 e. The number of thiophene rings is 1. The van der Waals surface area contributed by atoms with Gasteiger partial charge in [0.05, 0.1) is 25.6 Å². The fourth-order valence-electron chi connectivity index (χ4n) is 1.79. The van der Waals surface area contributed by atoms with Crippen molar-refractivity contribution in [1.82, 2.24) is 10.2 Å². The molecule has 0 aromatic carbocycles. The lowest BCUT2D eigenvalue weighted by Gasteiger charge is -2.38. The van der Waals surface area contributed by atoms with Crippen molar-refractivity contribution in [2.45, 2.75) is 18.9 Å². The molecule has 1 saturated heterocycles. The molecule has 0 bridgehead atoms. The van der Waals surface area contributed by atoms with Crippen LogP contribution in [0.1, 0.15) is 18.2 Å². The van der Waals surface area contributed by atoms with E-state index in [1.165, 1.54) is 16.2 Å². The molecule has 17 heavy (non-hydrogen) atoms. The van der Waals surface area contributed by atoms with Gasteiger partial charge in [0.25, 0.3) is 0 Å². The molecule has 1 atom stereocenters. The summed E-state index contributed by atoms with van der Waals surface area (Å²) in [5, 5.41) is 11.4. The summed E-state index contributed by atoms with van der Waals surface area (Å²) in [6.07, 6.45) is 0.290. The summed E-state index contributed by atoms with van der Waals surface area (Å²) in [5.74, 6) is 0.0150. The zero-order chi connectivity index (χ0) is 12.8. The Morgan fingerprint density at radius 3 is 2.82 bits per heavy atom. The largest absolute Gasteiger partial charge is 0.345 e. The monoisotopic (exact) mass is 335 g/mol. The lowest BCUT2D eigenvalue weighted by atomic mass is 9.93. The topological polar surface area (TPSA) is 56.2 Å². The van der Waals surface area contributed by atoms with Gasteiger partial charge in [0.15, 0.2) is 5.96 Å². The molecular formula is C10H11BrClN3OS. The molecule has 0 unspecified atom stereocenters. The predicted molar refractivity (Wildman–Crippen MR) is 72.6 cm³/mol. The molecule has 1 aromatic heterocycles. The molecule has 2 heterocycles. The Kier molecular flexibility index (Phi) is 3.22. The van der Waals surface area contributed by atoms with Gasteiger partial charge in [-0.15, -0.1) is 11.3 Å². The molecule has 0 radical (unpaired) electrons. The summed E-state index contributed by atoms with van der Waals surface area (Å²) in [4.78, 5) is 14.0. The van der Waals surface area contributed by atoms with Crippen molar-refractivity contribution in [3.63, 3.8) is 0 Å². The second kappa shape index (κ2) is 4.26. The second-order valence-electron chi connectivity index (χ2n) is 4.16. The number of halogens is 2. The van der Waals surface area contributed by atoms with E-state index in [0.717, 1.165) is 8.66 Å². The zero-order valence-corrected chi connectivity index (χ0v) is 12.5. The molecule has 1 amide bonds. The fraction of sp³-hybridized carbons (Fsp3) is 0.400. The quantitative estimate of drug-likeness (QED) is 0.828. The number of guanidine groups is 1. The standard InChI is InChI=1S/C10H11BrClN3OS/c1-10(8-5(12)3-6(11)17-8)4-7(16)15(2)9(13)14-10/h3H,4H2,1-2H3,(H2,13,14)/t10-/m0/s1. The van der Waals surface area contributed by atoms with Gasteiger partial charge in [0.1, 0.15) is 0 Å². The van der Waals surface area contributed by atoms with Gasteiger partial charge in [-0.3, -0.25) is 15.1 Å². The lowest BCUT2D eigenvalue weighted by Crippen LogP contribution is -2.57. The minimum atomic E-state index is -0.603. The van der Waals surface area contributed by atoms with Crippen molar-refractivity contribution in [3.8, 4) is 0 Å². The Hall–Kier alpha value is -0.590. The normalized spacial score (nSPS) is 25.1. The Morgan fingerprint density at radius 2 is 2.35 bits per heavy atom. The molecule has 0 aliphatic carbocycles. The number of carbonyl (C=O) groups excluding carboxylic acids is 1. The molecular weight excluding hydrogens is 326 g/mol. The molecule has 4 nitrogen and oxygen atoms in total. The third kappa shape index (κ3) is 2.21. The van der Waals surface area contributed by atoms with Crippen molar-refractivity contribution < 1.29 is 4.79 Å². The van der Waals surface area contributed by atoms with Crippen LogP contribution in [0.5, 0.6) is 0 Å². The number of hydrogen-bond acceptors (Lipinski definition) is 3. The average molecular weight is 337 g/mol. The Balaban J connectivity index is 2.40. The van der Waals surface area contributed by atoms with Crippen molar-refractivity contribution in [1.29, 1.82) is 5.41 Å². The predicted octanol–water partition coefficient (Wildman–Crippen LogP) is 2.77. The second-order valence-corrected chi connectivity index (χ2v) is 7.00.